The van der Waals surface area contributed by atoms with Crippen LogP contribution in [-0.2, 0) is 0 Å². The van der Waals surface area contributed by atoms with Gasteiger partial charge in [0.05, 0.1) is 0 Å². The normalized spacial score (nSPS) is 16.2. The highest BCUT2D eigenvalue weighted by Crippen LogP contribution is 2.37. The molecule has 1 aliphatic heterocycles. The van der Waals surface area contributed by atoms with Crippen molar-refractivity contribution in [2.75, 3.05) is 13.1 Å². The summed E-state index contributed by atoms with van der Waals surface area (Å²) in [5.74, 6) is 1.19. The van der Waals surface area contributed by atoms with Crippen molar-refractivity contribution < 1.29 is 0 Å². The maximum absolute atomic E-state index is 6.04. The van der Waals surface area contributed by atoms with Crippen LogP contribution in [0.2, 0.25) is 5.02 Å². The Kier molecular flexibility index (Phi) is 8.27. The molecule has 4 heteroatoms. The third kappa shape index (κ3) is 4.63. The molecule has 1 nitrogen and oxygen atoms in total. The van der Waals surface area contributed by atoms with E-state index >= 15 is 0 Å². The largest absolute Gasteiger partial charge is 0.317 e. The molecular formula is C18H22Cl3N. The maximum Gasteiger partial charge on any atom is 0.0406 e. The standard InChI is InChI=1S/C18H20ClN.2ClH/c19-17-8-6-15(7-9-17)18(14-4-2-1-3-5-14)16-10-12-20-13-11-16;;/h1-9,16,18,20H,10-13H2;2*1H. The predicted molar refractivity (Wildman–Crippen MR) is 99.8 cm³/mol. The molecule has 0 spiro atoms. The fourth-order valence-electron chi connectivity index (χ4n) is 3.24. The molecule has 0 radical (unpaired) electrons. The van der Waals surface area contributed by atoms with Gasteiger partial charge in [0, 0.05) is 10.9 Å². The highest BCUT2D eigenvalue weighted by Gasteiger charge is 2.26. The number of nitrogens with one attached hydrogen (secondary N) is 1. The van der Waals surface area contributed by atoms with E-state index in [1.165, 1.54) is 24.0 Å². The first kappa shape index (κ1) is 19.3. The second kappa shape index (κ2) is 9.42. The summed E-state index contributed by atoms with van der Waals surface area (Å²) in [6.07, 6.45) is 2.48. The average molecular weight is 359 g/mol. The summed E-state index contributed by atoms with van der Waals surface area (Å²) < 4.78 is 0. The molecule has 0 aromatic heterocycles. The number of benzene rings is 2. The number of hydrogen-bond donors (Lipinski definition) is 1. The maximum atomic E-state index is 6.04. The van der Waals surface area contributed by atoms with E-state index in [1.54, 1.807) is 0 Å². The lowest BCUT2D eigenvalue weighted by Gasteiger charge is -2.31. The van der Waals surface area contributed by atoms with E-state index in [1.807, 2.05) is 12.1 Å². The smallest absolute Gasteiger partial charge is 0.0406 e. The van der Waals surface area contributed by atoms with E-state index in [0.717, 1.165) is 18.1 Å². The van der Waals surface area contributed by atoms with Gasteiger partial charge in [0.2, 0.25) is 0 Å². The van der Waals surface area contributed by atoms with Gasteiger partial charge in [0.15, 0.2) is 0 Å². The minimum atomic E-state index is 0. The lowest BCUT2D eigenvalue weighted by molar-refractivity contribution is 0.342. The first-order valence-electron chi connectivity index (χ1n) is 7.36. The molecule has 2 aromatic carbocycles. The van der Waals surface area contributed by atoms with Gasteiger partial charge in [-0.05, 0) is 55.1 Å². The summed E-state index contributed by atoms with van der Waals surface area (Å²) in [6.45, 7) is 2.25. The SMILES string of the molecule is Cl.Cl.Clc1ccc(C(c2ccccc2)C2CCNCC2)cc1. The first-order valence-corrected chi connectivity index (χ1v) is 7.73. The molecule has 1 N–H and O–H groups in total. The van der Waals surface area contributed by atoms with Gasteiger partial charge in [-0.15, -0.1) is 24.8 Å². The van der Waals surface area contributed by atoms with E-state index in [4.69, 9.17) is 11.6 Å². The van der Waals surface area contributed by atoms with Gasteiger partial charge in [-0.3, -0.25) is 0 Å². The Morgan fingerprint density at radius 3 is 1.95 bits per heavy atom. The van der Waals surface area contributed by atoms with Crippen molar-refractivity contribution >= 4 is 36.4 Å². The first-order chi connectivity index (χ1) is 9.84. The van der Waals surface area contributed by atoms with Crippen molar-refractivity contribution in [3.63, 3.8) is 0 Å². The summed E-state index contributed by atoms with van der Waals surface area (Å²) >= 11 is 6.04. The number of halogens is 3. The van der Waals surface area contributed by atoms with E-state index in [-0.39, 0.29) is 24.8 Å². The molecule has 1 unspecified atom stereocenters. The van der Waals surface area contributed by atoms with Gasteiger partial charge in [-0.2, -0.15) is 0 Å². The van der Waals surface area contributed by atoms with Crippen LogP contribution in [0.3, 0.4) is 0 Å². The summed E-state index contributed by atoms with van der Waals surface area (Å²) in [5.41, 5.74) is 2.80. The molecule has 0 aliphatic carbocycles. The molecule has 120 valence electrons. The predicted octanol–water partition coefficient (Wildman–Crippen LogP) is 5.32. The number of hydrogen-bond acceptors (Lipinski definition) is 1. The molecule has 1 fully saturated rings. The Morgan fingerprint density at radius 2 is 1.36 bits per heavy atom. The van der Waals surface area contributed by atoms with Gasteiger partial charge in [0.25, 0.3) is 0 Å². The van der Waals surface area contributed by atoms with Crippen LogP contribution in [0.15, 0.2) is 54.6 Å². The monoisotopic (exact) mass is 357 g/mol. The van der Waals surface area contributed by atoms with Crippen LogP contribution in [0.25, 0.3) is 0 Å². The van der Waals surface area contributed by atoms with Crippen molar-refractivity contribution in [3.8, 4) is 0 Å². The minimum Gasteiger partial charge on any atom is -0.317 e. The highest BCUT2D eigenvalue weighted by atomic mass is 35.5. The Labute approximate surface area is 150 Å². The molecule has 0 amide bonds. The summed E-state index contributed by atoms with van der Waals surface area (Å²) in [6, 6.07) is 19.2. The fraction of sp³-hybridized carbons (Fsp3) is 0.333. The molecular weight excluding hydrogens is 337 g/mol. The van der Waals surface area contributed by atoms with Crippen molar-refractivity contribution in [1.29, 1.82) is 0 Å². The fourth-order valence-corrected chi connectivity index (χ4v) is 3.37. The van der Waals surface area contributed by atoms with E-state index in [2.05, 4.69) is 47.8 Å². The zero-order chi connectivity index (χ0) is 13.8. The second-order valence-electron chi connectivity index (χ2n) is 5.53. The van der Waals surface area contributed by atoms with Gasteiger partial charge in [0.1, 0.15) is 0 Å². The summed E-state index contributed by atoms with van der Waals surface area (Å²) in [5, 5.41) is 4.27. The quantitative estimate of drug-likeness (QED) is 0.783. The Bertz CT molecular complexity index is 536. The number of piperidine rings is 1. The lowest BCUT2D eigenvalue weighted by Crippen LogP contribution is -2.31. The van der Waals surface area contributed by atoms with E-state index < -0.39 is 0 Å². The molecule has 3 rings (SSSR count). The topological polar surface area (TPSA) is 12.0 Å². The Morgan fingerprint density at radius 1 is 0.818 bits per heavy atom. The molecule has 1 atom stereocenters. The van der Waals surface area contributed by atoms with Crippen molar-refractivity contribution in [1.82, 2.24) is 5.32 Å². The molecule has 2 aromatic rings. The van der Waals surface area contributed by atoms with Crippen LogP contribution in [-0.4, -0.2) is 13.1 Å². The molecule has 22 heavy (non-hydrogen) atoms. The van der Waals surface area contributed by atoms with Crippen LogP contribution < -0.4 is 5.32 Å². The molecule has 0 saturated carbocycles. The molecule has 1 aliphatic rings. The van der Waals surface area contributed by atoms with E-state index in [0.29, 0.717) is 11.8 Å². The minimum absolute atomic E-state index is 0. The van der Waals surface area contributed by atoms with Crippen molar-refractivity contribution in [2.45, 2.75) is 18.8 Å². The molecule has 1 saturated heterocycles. The zero-order valence-corrected chi connectivity index (χ0v) is 14.8. The zero-order valence-electron chi connectivity index (χ0n) is 12.4. The van der Waals surface area contributed by atoms with Crippen LogP contribution in [0.4, 0.5) is 0 Å². The van der Waals surface area contributed by atoms with Gasteiger partial charge >= 0.3 is 0 Å². The van der Waals surface area contributed by atoms with Crippen LogP contribution in [0.1, 0.15) is 29.9 Å². The van der Waals surface area contributed by atoms with Gasteiger partial charge in [-0.25, -0.2) is 0 Å². The second-order valence-corrected chi connectivity index (χ2v) is 5.96. The van der Waals surface area contributed by atoms with E-state index in [9.17, 15) is 0 Å². The third-order valence-electron chi connectivity index (χ3n) is 4.24. The summed E-state index contributed by atoms with van der Waals surface area (Å²) in [7, 11) is 0. The number of rotatable bonds is 3. The molecule has 1 heterocycles. The average Bonchev–Trinajstić information content (AvgIpc) is 2.52. The molecule has 0 bridgehead atoms. The summed E-state index contributed by atoms with van der Waals surface area (Å²) in [4.78, 5) is 0. The van der Waals surface area contributed by atoms with Crippen LogP contribution >= 0.6 is 36.4 Å². The Hall–Kier alpha value is -0.730. The lowest BCUT2D eigenvalue weighted by atomic mass is 9.76. The van der Waals surface area contributed by atoms with Gasteiger partial charge < -0.3 is 5.32 Å². The van der Waals surface area contributed by atoms with Crippen LogP contribution in [0.5, 0.6) is 0 Å². The highest BCUT2D eigenvalue weighted by molar-refractivity contribution is 6.30. The third-order valence-corrected chi connectivity index (χ3v) is 4.50. The van der Waals surface area contributed by atoms with Crippen molar-refractivity contribution in [2.24, 2.45) is 5.92 Å². The Balaban J connectivity index is 0.00000121. The van der Waals surface area contributed by atoms with Crippen LogP contribution in [0, 0.1) is 5.92 Å². The van der Waals surface area contributed by atoms with Crippen molar-refractivity contribution in [3.05, 3.63) is 70.7 Å². The van der Waals surface area contributed by atoms with Gasteiger partial charge in [-0.1, -0.05) is 54.1 Å².